The zero-order chi connectivity index (χ0) is 17.5. The van der Waals surface area contributed by atoms with Gasteiger partial charge in [0.1, 0.15) is 11.5 Å². The Kier molecular flexibility index (Phi) is 3.80. The van der Waals surface area contributed by atoms with Crippen molar-refractivity contribution in [2.75, 3.05) is 13.1 Å². The van der Waals surface area contributed by atoms with Gasteiger partial charge in [-0.3, -0.25) is 4.90 Å². The standard InChI is InChI=1S/C20H20FN5/c21-16-9-5-4-8-15(16)20-18-10-22-17-12-25(11-14-6-2-1-3-7-14)13-19(17)26(18)24-23-20/h1-9,17,19,22H,10-13H2/t17-,19-/m1/s1. The van der Waals surface area contributed by atoms with Gasteiger partial charge >= 0.3 is 0 Å². The van der Waals surface area contributed by atoms with Crippen molar-refractivity contribution in [2.45, 2.75) is 25.2 Å². The van der Waals surface area contributed by atoms with Gasteiger partial charge in [0.05, 0.1) is 11.7 Å². The van der Waals surface area contributed by atoms with Crippen LogP contribution >= 0.6 is 0 Å². The van der Waals surface area contributed by atoms with Gasteiger partial charge in [-0.2, -0.15) is 0 Å². The number of halogens is 1. The molecule has 0 aliphatic carbocycles. The molecule has 1 saturated heterocycles. The molecule has 2 atom stereocenters. The van der Waals surface area contributed by atoms with E-state index < -0.39 is 0 Å². The van der Waals surface area contributed by atoms with Gasteiger partial charge in [0, 0.05) is 37.8 Å². The first kappa shape index (κ1) is 15.7. The average molecular weight is 349 g/mol. The van der Waals surface area contributed by atoms with Crippen LogP contribution in [0.15, 0.2) is 54.6 Å². The molecule has 2 aliphatic rings. The van der Waals surface area contributed by atoms with Crippen molar-refractivity contribution >= 4 is 0 Å². The summed E-state index contributed by atoms with van der Waals surface area (Å²) in [5.41, 5.74) is 3.46. The lowest BCUT2D eigenvalue weighted by atomic mass is 10.1. The van der Waals surface area contributed by atoms with E-state index in [4.69, 9.17) is 0 Å². The maximum absolute atomic E-state index is 14.2. The minimum atomic E-state index is -0.255. The topological polar surface area (TPSA) is 46.0 Å². The van der Waals surface area contributed by atoms with Crippen LogP contribution in [0.4, 0.5) is 4.39 Å². The lowest BCUT2D eigenvalue weighted by molar-refractivity contribution is 0.307. The van der Waals surface area contributed by atoms with Gasteiger partial charge in [0.2, 0.25) is 0 Å². The predicted octanol–water partition coefficient (Wildman–Crippen LogP) is 2.61. The Morgan fingerprint density at radius 2 is 1.85 bits per heavy atom. The zero-order valence-electron chi connectivity index (χ0n) is 14.3. The summed E-state index contributed by atoms with van der Waals surface area (Å²) in [5.74, 6) is -0.255. The summed E-state index contributed by atoms with van der Waals surface area (Å²) in [6.45, 7) is 3.49. The average Bonchev–Trinajstić information content (AvgIpc) is 3.26. The molecule has 2 aromatic carbocycles. The molecule has 0 amide bonds. The highest BCUT2D eigenvalue weighted by molar-refractivity contribution is 5.62. The van der Waals surface area contributed by atoms with Crippen molar-refractivity contribution in [3.05, 3.63) is 71.7 Å². The summed E-state index contributed by atoms with van der Waals surface area (Å²) in [5, 5.41) is 12.3. The number of benzene rings is 2. The second-order valence-corrected chi connectivity index (χ2v) is 7.04. The summed E-state index contributed by atoms with van der Waals surface area (Å²) < 4.78 is 16.2. The van der Waals surface area contributed by atoms with Crippen molar-refractivity contribution < 1.29 is 4.39 Å². The van der Waals surface area contributed by atoms with E-state index in [0.29, 0.717) is 23.8 Å². The minimum Gasteiger partial charge on any atom is -0.305 e. The first-order chi connectivity index (χ1) is 12.8. The molecule has 5 nitrogen and oxygen atoms in total. The van der Waals surface area contributed by atoms with E-state index in [1.165, 1.54) is 11.6 Å². The molecule has 26 heavy (non-hydrogen) atoms. The van der Waals surface area contributed by atoms with E-state index >= 15 is 0 Å². The maximum atomic E-state index is 14.2. The molecule has 6 heteroatoms. The fourth-order valence-electron chi connectivity index (χ4n) is 4.12. The molecule has 3 aromatic rings. The number of nitrogens with one attached hydrogen (secondary N) is 1. The van der Waals surface area contributed by atoms with E-state index in [9.17, 15) is 4.39 Å². The van der Waals surface area contributed by atoms with Crippen molar-refractivity contribution in [3.8, 4) is 11.3 Å². The van der Waals surface area contributed by atoms with Gasteiger partial charge in [0.15, 0.2) is 0 Å². The molecule has 0 radical (unpaired) electrons. The fraction of sp³-hybridized carbons (Fsp3) is 0.300. The summed E-state index contributed by atoms with van der Waals surface area (Å²) in [7, 11) is 0. The molecule has 132 valence electrons. The van der Waals surface area contributed by atoms with E-state index in [-0.39, 0.29) is 11.9 Å². The zero-order valence-corrected chi connectivity index (χ0v) is 14.3. The third-order valence-electron chi connectivity index (χ3n) is 5.38. The molecule has 1 fully saturated rings. The van der Waals surface area contributed by atoms with Crippen molar-refractivity contribution in [1.82, 2.24) is 25.2 Å². The molecule has 3 heterocycles. The normalized spacial score (nSPS) is 22.2. The van der Waals surface area contributed by atoms with Crippen LogP contribution in [0, 0.1) is 5.82 Å². The van der Waals surface area contributed by atoms with Gasteiger partial charge < -0.3 is 5.32 Å². The van der Waals surface area contributed by atoms with Crippen LogP contribution in [0.3, 0.4) is 0 Å². The Bertz CT molecular complexity index is 923. The molecule has 1 N–H and O–H groups in total. The van der Waals surface area contributed by atoms with Crippen molar-refractivity contribution in [1.29, 1.82) is 0 Å². The molecule has 0 spiro atoms. The number of hydrogen-bond acceptors (Lipinski definition) is 4. The SMILES string of the molecule is Fc1ccccc1-c1nnn2c1CN[C@@H]1CN(Cc3ccccc3)C[C@H]12. The number of likely N-dealkylation sites (tertiary alicyclic amines) is 1. The van der Waals surface area contributed by atoms with Gasteiger partial charge in [-0.25, -0.2) is 9.07 Å². The third-order valence-corrected chi connectivity index (χ3v) is 5.38. The Morgan fingerprint density at radius 3 is 2.69 bits per heavy atom. The van der Waals surface area contributed by atoms with Crippen LogP contribution in [-0.2, 0) is 13.1 Å². The first-order valence-electron chi connectivity index (χ1n) is 8.98. The van der Waals surface area contributed by atoms with Gasteiger partial charge in [-0.1, -0.05) is 47.7 Å². The summed E-state index contributed by atoms with van der Waals surface area (Å²) in [6.07, 6.45) is 0. The second-order valence-electron chi connectivity index (χ2n) is 7.04. The molecular weight excluding hydrogens is 329 g/mol. The van der Waals surface area contributed by atoms with E-state index in [1.807, 2.05) is 16.8 Å². The van der Waals surface area contributed by atoms with Crippen LogP contribution in [-0.4, -0.2) is 39.0 Å². The fourth-order valence-corrected chi connectivity index (χ4v) is 4.12. The summed E-state index contributed by atoms with van der Waals surface area (Å²) in [6, 6.07) is 17.9. The van der Waals surface area contributed by atoms with Crippen LogP contribution in [0.1, 0.15) is 17.3 Å². The minimum absolute atomic E-state index is 0.232. The summed E-state index contributed by atoms with van der Waals surface area (Å²) >= 11 is 0. The quantitative estimate of drug-likeness (QED) is 0.790. The molecule has 0 saturated carbocycles. The molecular formula is C20H20FN5. The number of aromatic nitrogens is 3. The molecule has 2 aliphatic heterocycles. The van der Waals surface area contributed by atoms with Crippen molar-refractivity contribution in [3.63, 3.8) is 0 Å². The first-order valence-corrected chi connectivity index (χ1v) is 8.98. The molecule has 5 rings (SSSR count). The highest BCUT2D eigenvalue weighted by Gasteiger charge is 2.39. The number of rotatable bonds is 3. The monoisotopic (exact) mass is 349 g/mol. The van der Waals surface area contributed by atoms with E-state index in [2.05, 4.69) is 44.8 Å². The number of nitrogens with zero attached hydrogens (tertiary/aromatic N) is 4. The van der Waals surface area contributed by atoms with Gasteiger partial charge in [0.25, 0.3) is 0 Å². The molecule has 0 unspecified atom stereocenters. The van der Waals surface area contributed by atoms with E-state index in [1.54, 1.807) is 12.1 Å². The Hall–Kier alpha value is -2.57. The smallest absolute Gasteiger partial charge is 0.132 e. The van der Waals surface area contributed by atoms with Gasteiger partial charge in [-0.05, 0) is 17.7 Å². The lowest BCUT2D eigenvalue weighted by Gasteiger charge is -2.27. The highest BCUT2D eigenvalue weighted by Crippen LogP contribution is 2.32. The Balaban J connectivity index is 1.41. The highest BCUT2D eigenvalue weighted by atomic mass is 19.1. The van der Waals surface area contributed by atoms with Crippen LogP contribution in [0.25, 0.3) is 11.3 Å². The molecule has 0 bridgehead atoms. The van der Waals surface area contributed by atoms with Crippen LogP contribution in [0.5, 0.6) is 0 Å². The van der Waals surface area contributed by atoms with Crippen LogP contribution in [0.2, 0.25) is 0 Å². The van der Waals surface area contributed by atoms with Crippen LogP contribution < -0.4 is 5.32 Å². The third kappa shape index (κ3) is 2.62. The van der Waals surface area contributed by atoms with Gasteiger partial charge in [-0.15, -0.1) is 5.10 Å². The number of fused-ring (bicyclic) bond motifs is 3. The predicted molar refractivity (Wildman–Crippen MR) is 96.8 cm³/mol. The van der Waals surface area contributed by atoms with Crippen molar-refractivity contribution in [2.24, 2.45) is 0 Å². The van der Waals surface area contributed by atoms with E-state index in [0.717, 1.165) is 25.3 Å². The molecule has 1 aromatic heterocycles. The maximum Gasteiger partial charge on any atom is 0.132 e. The number of hydrogen-bond donors (Lipinski definition) is 1. The second kappa shape index (κ2) is 6.30. The Morgan fingerprint density at radius 1 is 1.04 bits per heavy atom. The lowest BCUT2D eigenvalue weighted by Crippen LogP contribution is -2.42. The Labute approximate surface area is 151 Å². The largest absolute Gasteiger partial charge is 0.305 e. The summed E-state index contributed by atoms with van der Waals surface area (Å²) in [4.78, 5) is 2.44.